The Kier molecular flexibility index (Phi) is 4.39. The second kappa shape index (κ2) is 6.27. The third-order valence-electron chi connectivity index (χ3n) is 8.42. The van der Waals surface area contributed by atoms with Crippen LogP contribution in [0, 0.1) is 35.0 Å². The van der Waals surface area contributed by atoms with Crippen LogP contribution in [0.4, 0.5) is 0 Å². The van der Waals surface area contributed by atoms with Crippen LogP contribution in [-0.4, -0.2) is 17.0 Å². The Hall–Kier alpha value is -0.630. The van der Waals surface area contributed by atoms with E-state index in [1.54, 1.807) is 0 Å². The summed E-state index contributed by atoms with van der Waals surface area (Å²) in [7, 11) is 0. The average molecular weight is 331 g/mol. The van der Waals surface area contributed by atoms with Gasteiger partial charge in [0.05, 0.1) is 6.10 Å². The minimum atomic E-state index is -0.0899. The Balaban J connectivity index is 1.56. The van der Waals surface area contributed by atoms with Crippen molar-refractivity contribution in [1.82, 2.24) is 0 Å². The molecule has 4 aliphatic carbocycles. The van der Waals surface area contributed by atoms with E-state index in [9.17, 15) is 9.90 Å². The molecule has 0 spiro atoms. The molecule has 24 heavy (non-hydrogen) atoms. The van der Waals surface area contributed by atoms with Crippen LogP contribution < -0.4 is 0 Å². The third kappa shape index (κ3) is 2.52. The Bertz CT molecular complexity index is 536. The molecule has 2 nitrogen and oxygen atoms in total. The van der Waals surface area contributed by atoms with Gasteiger partial charge in [-0.05, 0) is 92.4 Å². The lowest BCUT2D eigenvalue weighted by Crippen LogP contribution is -2.48. The van der Waals surface area contributed by atoms with Gasteiger partial charge in [-0.2, -0.15) is 0 Å². The number of hydrogen-bond acceptors (Lipinski definition) is 2. The first kappa shape index (κ1) is 16.8. The highest BCUT2D eigenvalue weighted by atomic mass is 16.3. The lowest BCUT2D eigenvalue weighted by Gasteiger charge is -2.54. The van der Waals surface area contributed by atoms with E-state index in [-0.39, 0.29) is 6.10 Å². The van der Waals surface area contributed by atoms with Crippen LogP contribution >= 0.6 is 0 Å². The number of hydrogen-bond donors (Lipinski definition) is 1. The zero-order valence-corrected chi connectivity index (χ0v) is 15.5. The summed E-state index contributed by atoms with van der Waals surface area (Å²) in [5.41, 5.74) is 1.85. The summed E-state index contributed by atoms with van der Waals surface area (Å²) in [5, 5.41) is 10.7. The predicted molar refractivity (Wildman–Crippen MR) is 96.5 cm³/mol. The van der Waals surface area contributed by atoms with Gasteiger partial charge in [-0.25, -0.2) is 0 Å². The minimum absolute atomic E-state index is 0.0899. The highest BCUT2D eigenvalue weighted by Gasteiger charge is 2.57. The second-order valence-electron chi connectivity index (χ2n) is 9.39. The molecule has 3 fully saturated rings. The van der Waals surface area contributed by atoms with Crippen LogP contribution in [0.25, 0.3) is 0 Å². The molecule has 0 aromatic heterocycles. The van der Waals surface area contributed by atoms with Gasteiger partial charge in [0, 0.05) is 6.42 Å². The molecule has 4 aliphatic rings. The molecule has 0 heterocycles. The van der Waals surface area contributed by atoms with Gasteiger partial charge in [0.25, 0.3) is 0 Å². The normalized spacial score (nSPS) is 45.9. The molecule has 0 aromatic carbocycles. The van der Waals surface area contributed by atoms with Crippen LogP contribution in [0.2, 0.25) is 0 Å². The van der Waals surface area contributed by atoms with Crippen LogP contribution in [0.1, 0.15) is 78.1 Å². The first-order valence-electron chi connectivity index (χ1n) is 10.5. The number of aliphatic hydroxyl groups is 1. The maximum atomic E-state index is 11.8. The van der Waals surface area contributed by atoms with Crippen LogP contribution in [-0.2, 0) is 4.79 Å². The van der Waals surface area contributed by atoms with Crippen molar-refractivity contribution >= 4 is 5.78 Å². The Morgan fingerprint density at radius 3 is 2.79 bits per heavy atom. The molecule has 2 heteroatoms. The number of carbonyl (C=O) groups is 1. The highest BCUT2D eigenvalue weighted by Crippen LogP contribution is 2.64. The molecule has 0 unspecified atom stereocenters. The zero-order chi connectivity index (χ0) is 16.9. The maximum absolute atomic E-state index is 11.8. The van der Waals surface area contributed by atoms with E-state index >= 15 is 0 Å². The molecule has 0 aromatic rings. The summed E-state index contributed by atoms with van der Waals surface area (Å²) in [6, 6.07) is 0. The molecule has 0 saturated heterocycles. The lowest BCUT2D eigenvalue weighted by molar-refractivity contribution is -0.116. The third-order valence-corrected chi connectivity index (χ3v) is 8.42. The number of carbonyl (C=O) groups excluding carboxylic acids is 1. The van der Waals surface area contributed by atoms with Crippen LogP contribution in [0.15, 0.2) is 11.6 Å². The maximum Gasteiger partial charge on any atom is 0.155 e. The molecule has 3 saturated carbocycles. The fourth-order valence-electron chi connectivity index (χ4n) is 7.35. The molecule has 7 atom stereocenters. The number of fused-ring (bicyclic) bond motifs is 5. The van der Waals surface area contributed by atoms with E-state index in [1.165, 1.54) is 37.7 Å². The Morgan fingerprint density at radius 1 is 1.17 bits per heavy atom. The SMILES string of the molecule is CCC[C@@H](O)[C@@H]1CC[C@@H]2[C@@H]3CCC4=CC(=O)CC[C@@H]4[C@H]3CC[C@@]21C. The highest BCUT2D eigenvalue weighted by molar-refractivity contribution is 5.91. The Morgan fingerprint density at radius 2 is 2.00 bits per heavy atom. The van der Waals surface area contributed by atoms with Crippen molar-refractivity contribution in [3.63, 3.8) is 0 Å². The molecule has 0 bridgehead atoms. The van der Waals surface area contributed by atoms with E-state index in [4.69, 9.17) is 0 Å². The van der Waals surface area contributed by atoms with Crippen molar-refractivity contribution < 1.29 is 9.90 Å². The van der Waals surface area contributed by atoms with Gasteiger partial charge in [0.1, 0.15) is 0 Å². The number of ketones is 1. The second-order valence-corrected chi connectivity index (χ2v) is 9.39. The van der Waals surface area contributed by atoms with E-state index in [0.717, 1.165) is 49.9 Å². The molecular formula is C22H34O2. The molecule has 0 aliphatic heterocycles. The van der Waals surface area contributed by atoms with E-state index in [0.29, 0.717) is 23.0 Å². The summed E-state index contributed by atoms with van der Waals surface area (Å²) in [6.45, 7) is 4.69. The fourth-order valence-corrected chi connectivity index (χ4v) is 7.35. The van der Waals surface area contributed by atoms with Crippen molar-refractivity contribution in [2.24, 2.45) is 35.0 Å². The van der Waals surface area contributed by atoms with Crippen LogP contribution in [0.3, 0.4) is 0 Å². The summed E-state index contributed by atoms with van der Waals surface area (Å²) >= 11 is 0. The van der Waals surface area contributed by atoms with Crippen molar-refractivity contribution in [2.75, 3.05) is 0 Å². The van der Waals surface area contributed by atoms with Gasteiger partial charge in [-0.3, -0.25) is 4.79 Å². The first-order valence-corrected chi connectivity index (χ1v) is 10.5. The molecule has 4 rings (SSSR count). The summed E-state index contributed by atoms with van der Waals surface area (Å²) < 4.78 is 0. The Labute approximate surface area is 147 Å². The predicted octanol–water partition coefficient (Wildman–Crippen LogP) is 4.91. The van der Waals surface area contributed by atoms with E-state index in [2.05, 4.69) is 13.8 Å². The summed E-state index contributed by atoms with van der Waals surface area (Å²) in [4.78, 5) is 11.8. The van der Waals surface area contributed by atoms with Gasteiger partial charge < -0.3 is 5.11 Å². The standard InChI is InChI=1S/C22H34O2/c1-3-4-21(24)20-10-9-19-18-7-5-14-13-15(23)6-8-16(14)17(18)11-12-22(19,20)2/h13,16-21,24H,3-12H2,1-2H3/t16-,17+,18+,19+,20-,21+,22-/m0/s1. The lowest BCUT2D eigenvalue weighted by atomic mass is 9.51. The van der Waals surface area contributed by atoms with E-state index in [1.807, 2.05) is 6.08 Å². The van der Waals surface area contributed by atoms with Gasteiger partial charge in [0.2, 0.25) is 0 Å². The molecule has 134 valence electrons. The van der Waals surface area contributed by atoms with Crippen molar-refractivity contribution in [2.45, 2.75) is 84.2 Å². The summed E-state index contributed by atoms with van der Waals surface area (Å²) in [6.07, 6.45) is 13.5. The molecule has 0 amide bonds. The molecular weight excluding hydrogens is 296 g/mol. The zero-order valence-electron chi connectivity index (χ0n) is 15.5. The summed E-state index contributed by atoms with van der Waals surface area (Å²) in [5.74, 6) is 4.06. The van der Waals surface area contributed by atoms with Crippen molar-refractivity contribution in [1.29, 1.82) is 0 Å². The number of allylic oxidation sites excluding steroid dienone is 1. The van der Waals surface area contributed by atoms with Gasteiger partial charge in [0.15, 0.2) is 5.78 Å². The van der Waals surface area contributed by atoms with Crippen molar-refractivity contribution in [3.8, 4) is 0 Å². The first-order chi connectivity index (χ1) is 11.5. The quantitative estimate of drug-likeness (QED) is 0.798. The minimum Gasteiger partial charge on any atom is -0.393 e. The fraction of sp³-hybridized carbons (Fsp3) is 0.864. The average Bonchev–Trinajstić information content (AvgIpc) is 2.92. The molecule has 1 N–H and O–H groups in total. The van der Waals surface area contributed by atoms with Crippen molar-refractivity contribution in [3.05, 3.63) is 11.6 Å². The topological polar surface area (TPSA) is 37.3 Å². The monoisotopic (exact) mass is 330 g/mol. The smallest absolute Gasteiger partial charge is 0.155 e. The van der Waals surface area contributed by atoms with Crippen LogP contribution in [0.5, 0.6) is 0 Å². The molecule has 0 radical (unpaired) electrons. The number of rotatable bonds is 3. The van der Waals surface area contributed by atoms with Gasteiger partial charge >= 0.3 is 0 Å². The van der Waals surface area contributed by atoms with Gasteiger partial charge in [-0.1, -0.05) is 25.8 Å². The largest absolute Gasteiger partial charge is 0.393 e. The number of aliphatic hydroxyl groups excluding tert-OH is 1. The van der Waals surface area contributed by atoms with Gasteiger partial charge in [-0.15, -0.1) is 0 Å². The van der Waals surface area contributed by atoms with E-state index < -0.39 is 0 Å².